The Balaban J connectivity index is 0.000000575. The first-order valence-corrected chi connectivity index (χ1v) is 9.80. The van der Waals surface area contributed by atoms with E-state index in [1.165, 1.54) is 26.0 Å². The molecule has 1 heterocycles. The van der Waals surface area contributed by atoms with E-state index < -0.39 is 29.8 Å². The van der Waals surface area contributed by atoms with Crippen LogP contribution in [0.2, 0.25) is 5.02 Å². The lowest BCUT2D eigenvalue weighted by Gasteiger charge is -2.24. The number of halogens is 2. The molecule has 2 aromatic carbocycles. The Kier molecular flexibility index (Phi) is 8.76. The molecule has 2 aromatic rings. The molecule has 164 valence electrons. The normalized spacial score (nSPS) is 19.6. The molecule has 0 radical (unpaired) electrons. The molecule has 3 rings (SSSR count). The zero-order chi connectivity index (χ0) is 22.3. The van der Waals surface area contributed by atoms with E-state index in [9.17, 15) is 9.18 Å². The zero-order valence-corrected chi connectivity index (χ0v) is 17.8. The average molecular weight is 441 g/mol. The molecule has 1 saturated heterocycles. The fourth-order valence-corrected chi connectivity index (χ4v) is 2.95. The van der Waals surface area contributed by atoms with Crippen LogP contribution in [0.4, 0.5) is 4.39 Å². The smallest absolute Gasteiger partial charge is 0.338 e. The Labute approximate surface area is 180 Å². The third kappa shape index (κ3) is 7.66. The van der Waals surface area contributed by atoms with Crippen molar-refractivity contribution in [3.8, 4) is 0 Å². The van der Waals surface area contributed by atoms with E-state index in [2.05, 4.69) is 0 Å². The van der Waals surface area contributed by atoms with Gasteiger partial charge in [-0.1, -0.05) is 35.9 Å². The van der Waals surface area contributed by atoms with Gasteiger partial charge in [0.25, 0.3) is 0 Å². The third-order valence-corrected chi connectivity index (χ3v) is 4.44. The van der Waals surface area contributed by atoms with Crippen molar-refractivity contribution in [1.82, 2.24) is 0 Å². The lowest BCUT2D eigenvalue weighted by atomic mass is 10.0. The molecule has 1 fully saturated rings. The van der Waals surface area contributed by atoms with Crippen molar-refractivity contribution in [3.63, 3.8) is 0 Å². The van der Waals surface area contributed by atoms with Gasteiger partial charge in [0, 0.05) is 13.5 Å². The standard InChI is InChI=1S/C19H18ClFO4.C3H8O2/c1-23-17-10-9-16(24-17)18(13-7-8-14(20)15(21)11-13)25-19(22)12-5-3-2-4-6-12;1-3(2,4)5/h2-8,11,16-18H,9-10H2,1H3;4-5H,1-2H3. The number of carbonyl (C=O) groups is 1. The molecule has 30 heavy (non-hydrogen) atoms. The minimum absolute atomic E-state index is 0.0130. The van der Waals surface area contributed by atoms with E-state index in [0.717, 1.165) is 0 Å². The van der Waals surface area contributed by atoms with Crippen molar-refractivity contribution in [2.75, 3.05) is 7.11 Å². The van der Waals surface area contributed by atoms with E-state index >= 15 is 0 Å². The summed E-state index contributed by atoms with van der Waals surface area (Å²) in [5, 5.41) is 16.2. The van der Waals surface area contributed by atoms with Gasteiger partial charge in [0.15, 0.2) is 18.2 Å². The fourth-order valence-electron chi connectivity index (χ4n) is 2.83. The van der Waals surface area contributed by atoms with Gasteiger partial charge >= 0.3 is 5.97 Å². The molecule has 0 amide bonds. The minimum Gasteiger partial charge on any atom is -0.451 e. The maximum absolute atomic E-state index is 13.9. The summed E-state index contributed by atoms with van der Waals surface area (Å²) in [5.41, 5.74) is 0.913. The van der Waals surface area contributed by atoms with Crippen LogP contribution in [-0.2, 0) is 14.2 Å². The molecule has 6 nitrogen and oxygen atoms in total. The summed E-state index contributed by atoms with van der Waals surface area (Å²) < 4.78 is 30.5. The van der Waals surface area contributed by atoms with Gasteiger partial charge in [0.05, 0.1) is 10.6 Å². The highest BCUT2D eigenvalue weighted by Crippen LogP contribution is 2.35. The number of hydrogen-bond donors (Lipinski definition) is 2. The maximum Gasteiger partial charge on any atom is 0.338 e. The number of carbonyl (C=O) groups excluding carboxylic acids is 1. The van der Waals surface area contributed by atoms with Gasteiger partial charge in [0.1, 0.15) is 11.9 Å². The second kappa shape index (κ2) is 10.8. The number of esters is 1. The Morgan fingerprint density at radius 3 is 2.37 bits per heavy atom. The van der Waals surface area contributed by atoms with Crippen molar-refractivity contribution >= 4 is 17.6 Å². The van der Waals surface area contributed by atoms with E-state index in [1.807, 2.05) is 6.07 Å². The first kappa shape index (κ1) is 24.2. The first-order valence-electron chi connectivity index (χ1n) is 9.42. The summed E-state index contributed by atoms with van der Waals surface area (Å²) in [5.74, 6) is -2.56. The summed E-state index contributed by atoms with van der Waals surface area (Å²) in [4.78, 5) is 12.5. The quantitative estimate of drug-likeness (QED) is 0.534. The molecule has 1 aliphatic rings. The van der Waals surface area contributed by atoms with E-state index in [-0.39, 0.29) is 11.3 Å². The highest BCUT2D eigenvalue weighted by atomic mass is 35.5. The molecule has 0 aliphatic carbocycles. The van der Waals surface area contributed by atoms with Crippen LogP contribution in [0.1, 0.15) is 48.7 Å². The molecule has 1 aliphatic heterocycles. The van der Waals surface area contributed by atoms with E-state index in [1.54, 1.807) is 37.4 Å². The Bertz CT molecular complexity index is 818. The zero-order valence-electron chi connectivity index (χ0n) is 17.0. The second-order valence-corrected chi connectivity index (χ2v) is 7.68. The molecule has 8 heteroatoms. The van der Waals surface area contributed by atoms with Crippen LogP contribution in [0.25, 0.3) is 0 Å². The van der Waals surface area contributed by atoms with Crippen molar-refractivity contribution in [1.29, 1.82) is 0 Å². The molecular weight excluding hydrogens is 415 g/mol. The second-order valence-electron chi connectivity index (χ2n) is 7.28. The molecule has 2 N–H and O–H groups in total. The van der Waals surface area contributed by atoms with Crippen molar-refractivity contribution in [2.45, 2.75) is 51.0 Å². The van der Waals surface area contributed by atoms with E-state index in [0.29, 0.717) is 24.0 Å². The molecule has 0 bridgehead atoms. The minimum atomic E-state index is -1.50. The number of aliphatic hydroxyl groups is 2. The summed E-state index contributed by atoms with van der Waals surface area (Å²) in [7, 11) is 1.56. The van der Waals surface area contributed by atoms with Gasteiger partial charge in [-0.3, -0.25) is 0 Å². The Morgan fingerprint density at radius 2 is 1.83 bits per heavy atom. The highest BCUT2D eigenvalue weighted by Gasteiger charge is 2.35. The summed E-state index contributed by atoms with van der Waals surface area (Å²) in [6, 6.07) is 13.0. The van der Waals surface area contributed by atoms with Gasteiger partial charge in [-0.25, -0.2) is 9.18 Å². The van der Waals surface area contributed by atoms with Crippen molar-refractivity contribution in [3.05, 3.63) is 70.5 Å². The van der Waals surface area contributed by atoms with Crippen molar-refractivity contribution in [2.24, 2.45) is 0 Å². The van der Waals surface area contributed by atoms with Gasteiger partial charge in [-0.2, -0.15) is 0 Å². The number of benzene rings is 2. The topological polar surface area (TPSA) is 85.2 Å². The molecule has 0 saturated carbocycles. The van der Waals surface area contributed by atoms with Crippen LogP contribution >= 0.6 is 11.6 Å². The highest BCUT2D eigenvalue weighted by molar-refractivity contribution is 6.30. The lowest BCUT2D eigenvalue weighted by molar-refractivity contribution is -0.141. The number of rotatable bonds is 5. The van der Waals surface area contributed by atoms with Crippen molar-refractivity contribution < 1.29 is 33.6 Å². The monoisotopic (exact) mass is 440 g/mol. The number of methoxy groups -OCH3 is 1. The largest absolute Gasteiger partial charge is 0.451 e. The van der Waals surface area contributed by atoms with Crippen LogP contribution in [0.5, 0.6) is 0 Å². The predicted molar refractivity (Wildman–Crippen MR) is 109 cm³/mol. The molecule has 0 spiro atoms. The lowest BCUT2D eigenvalue weighted by Crippen LogP contribution is -2.25. The summed E-state index contributed by atoms with van der Waals surface area (Å²) in [6.07, 6.45) is -0.218. The first-order chi connectivity index (χ1) is 14.1. The van der Waals surface area contributed by atoms with Crippen LogP contribution < -0.4 is 0 Å². The van der Waals surface area contributed by atoms with Crippen LogP contribution in [0.15, 0.2) is 48.5 Å². The van der Waals surface area contributed by atoms with Gasteiger partial charge in [-0.05, 0) is 50.1 Å². The number of ether oxygens (including phenoxy) is 3. The van der Waals surface area contributed by atoms with Crippen LogP contribution in [0.3, 0.4) is 0 Å². The van der Waals surface area contributed by atoms with Gasteiger partial charge < -0.3 is 24.4 Å². The summed E-state index contributed by atoms with van der Waals surface area (Å²) in [6.45, 7) is 2.60. The predicted octanol–water partition coefficient (Wildman–Crippen LogP) is 4.24. The molecule has 3 unspecified atom stereocenters. The summed E-state index contributed by atoms with van der Waals surface area (Å²) >= 11 is 5.76. The molecule has 3 atom stereocenters. The van der Waals surface area contributed by atoms with Crippen LogP contribution in [0, 0.1) is 5.82 Å². The fraction of sp³-hybridized carbons (Fsp3) is 0.409. The number of hydrogen-bond acceptors (Lipinski definition) is 6. The average Bonchev–Trinajstić information content (AvgIpc) is 3.16. The van der Waals surface area contributed by atoms with Crippen LogP contribution in [-0.4, -0.2) is 41.5 Å². The molecular formula is C22H26ClFO6. The SMILES string of the molecule is CC(C)(O)O.COC1CCC(C(OC(=O)c2ccccc2)c2ccc(Cl)c(F)c2)O1. The van der Waals surface area contributed by atoms with Gasteiger partial charge in [0.2, 0.25) is 0 Å². The third-order valence-electron chi connectivity index (χ3n) is 4.13. The Morgan fingerprint density at radius 1 is 1.20 bits per heavy atom. The molecule has 0 aromatic heterocycles. The van der Waals surface area contributed by atoms with E-state index in [4.69, 9.17) is 36.0 Å². The van der Waals surface area contributed by atoms with Gasteiger partial charge in [-0.15, -0.1) is 0 Å². The Hall–Kier alpha value is -2.03. The maximum atomic E-state index is 13.9.